The van der Waals surface area contributed by atoms with Crippen LogP contribution in [0.5, 0.6) is 0 Å². The lowest BCUT2D eigenvalue weighted by molar-refractivity contribution is 0.659. The van der Waals surface area contributed by atoms with Gasteiger partial charge in [-0.15, -0.1) is 0 Å². The minimum absolute atomic E-state index is 0.459. The third kappa shape index (κ3) is 2.32. The maximum atomic E-state index is 5.98. The molecule has 3 nitrogen and oxygen atoms in total. The van der Waals surface area contributed by atoms with Gasteiger partial charge in [-0.05, 0) is 31.9 Å². The van der Waals surface area contributed by atoms with Gasteiger partial charge in [-0.3, -0.25) is 0 Å². The summed E-state index contributed by atoms with van der Waals surface area (Å²) in [4.78, 5) is 9.09. The van der Waals surface area contributed by atoms with Crippen molar-refractivity contribution in [3.05, 3.63) is 17.1 Å². The summed E-state index contributed by atoms with van der Waals surface area (Å²) >= 11 is 1.97. The average Bonchev–Trinajstić information content (AvgIpc) is 2.30. The topological polar surface area (TPSA) is 51.8 Å². The largest absolute Gasteiger partial charge is 0.383 e. The third-order valence-corrected chi connectivity index (χ3v) is 4.46. The van der Waals surface area contributed by atoms with Crippen LogP contribution in [0.1, 0.15) is 48.5 Å². The standard InChI is InChI=1S/C12H19N3S/c1-3-9-8(2)14-12(15-11(9)13)10-6-4-5-7-16-10/h10H,3-7H2,1-2H3,(H2,13,14,15). The van der Waals surface area contributed by atoms with E-state index in [0.717, 1.165) is 23.5 Å². The Balaban J connectivity index is 2.28. The molecule has 1 unspecified atom stereocenters. The SMILES string of the molecule is CCc1c(C)nc(C2CCCCS2)nc1N. The van der Waals surface area contributed by atoms with Gasteiger partial charge in [0.15, 0.2) is 0 Å². The maximum Gasteiger partial charge on any atom is 0.143 e. The molecule has 1 aliphatic heterocycles. The number of hydrogen-bond donors (Lipinski definition) is 1. The lowest BCUT2D eigenvalue weighted by atomic mass is 10.1. The van der Waals surface area contributed by atoms with Gasteiger partial charge in [0.2, 0.25) is 0 Å². The molecule has 0 amide bonds. The van der Waals surface area contributed by atoms with Crippen molar-refractivity contribution in [1.82, 2.24) is 9.97 Å². The Morgan fingerprint density at radius 3 is 2.75 bits per heavy atom. The molecule has 2 N–H and O–H groups in total. The molecule has 1 saturated heterocycles. The zero-order valence-corrected chi connectivity index (χ0v) is 10.8. The number of hydrogen-bond acceptors (Lipinski definition) is 4. The normalized spacial score (nSPS) is 21.0. The van der Waals surface area contributed by atoms with Gasteiger partial charge in [0.05, 0.1) is 5.25 Å². The van der Waals surface area contributed by atoms with E-state index in [1.165, 1.54) is 25.0 Å². The minimum Gasteiger partial charge on any atom is -0.383 e. The summed E-state index contributed by atoms with van der Waals surface area (Å²) in [5, 5.41) is 0.459. The van der Waals surface area contributed by atoms with Crippen molar-refractivity contribution in [3.63, 3.8) is 0 Å². The molecule has 2 heterocycles. The zero-order chi connectivity index (χ0) is 11.5. The van der Waals surface area contributed by atoms with E-state index in [1.807, 2.05) is 18.7 Å². The number of rotatable bonds is 2. The van der Waals surface area contributed by atoms with E-state index in [4.69, 9.17) is 5.73 Å². The summed E-state index contributed by atoms with van der Waals surface area (Å²) in [7, 11) is 0. The molecule has 0 aromatic carbocycles. The molecule has 0 spiro atoms. The van der Waals surface area contributed by atoms with E-state index in [1.54, 1.807) is 0 Å². The number of aryl methyl sites for hydroxylation is 1. The Kier molecular flexibility index (Phi) is 3.69. The second-order valence-corrected chi connectivity index (χ2v) is 5.55. The third-order valence-electron chi connectivity index (χ3n) is 3.08. The second kappa shape index (κ2) is 5.04. The predicted octanol–water partition coefficient (Wildman–Crippen LogP) is 2.89. The van der Waals surface area contributed by atoms with Gasteiger partial charge >= 0.3 is 0 Å². The Bertz CT molecular complexity index is 350. The molecule has 0 aliphatic carbocycles. The molecule has 88 valence electrons. The second-order valence-electron chi connectivity index (χ2n) is 4.24. The number of anilines is 1. The van der Waals surface area contributed by atoms with E-state index < -0.39 is 0 Å². The molecular weight excluding hydrogens is 218 g/mol. The molecule has 1 aliphatic rings. The van der Waals surface area contributed by atoms with Gasteiger partial charge in [0.25, 0.3) is 0 Å². The van der Waals surface area contributed by atoms with E-state index in [9.17, 15) is 0 Å². The van der Waals surface area contributed by atoms with Crippen LogP contribution in [-0.2, 0) is 6.42 Å². The molecule has 16 heavy (non-hydrogen) atoms. The van der Waals surface area contributed by atoms with Crippen LogP contribution in [0.3, 0.4) is 0 Å². The number of nitrogen functional groups attached to an aromatic ring is 1. The van der Waals surface area contributed by atoms with Gasteiger partial charge < -0.3 is 5.73 Å². The number of nitrogens with two attached hydrogens (primary N) is 1. The maximum absolute atomic E-state index is 5.98. The minimum atomic E-state index is 0.459. The lowest BCUT2D eigenvalue weighted by Gasteiger charge is -2.21. The van der Waals surface area contributed by atoms with Crippen LogP contribution in [-0.4, -0.2) is 15.7 Å². The molecule has 1 aromatic heterocycles. The van der Waals surface area contributed by atoms with Crippen molar-refractivity contribution in [3.8, 4) is 0 Å². The van der Waals surface area contributed by atoms with E-state index in [2.05, 4.69) is 16.9 Å². The van der Waals surface area contributed by atoms with Gasteiger partial charge in [0, 0.05) is 11.3 Å². The quantitative estimate of drug-likeness (QED) is 0.859. The Morgan fingerprint density at radius 2 is 2.19 bits per heavy atom. The zero-order valence-electron chi connectivity index (χ0n) is 9.99. The summed E-state index contributed by atoms with van der Waals surface area (Å²) < 4.78 is 0. The molecule has 1 aromatic rings. The first kappa shape index (κ1) is 11.7. The van der Waals surface area contributed by atoms with Gasteiger partial charge in [0.1, 0.15) is 11.6 Å². The summed E-state index contributed by atoms with van der Waals surface area (Å²) in [5.74, 6) is 2.84. The number of thioether (sulfide) groups is 1. The first-order valence-corrected chi connectivity index (χ1v) is 7.01. The molecule has 1 fully saturated rings. The van der Waals surface area contributed by atoms with Crippen molar-refractivity contribution < 1.29 is 0 Å². The summed E-state index contributed by atoms with van der Waals surface area (Å²) in [5.41, 5.74) is 8.13. The molecule has 4 heteroatoms. The monoisotopic (exact) mass is 237 g/mol. The van der Waals surface area contributed by atoms with Crippen molar-refractivity contribution in [2.75, 3.05) is 11.5 Å². The molecule has 0 bridgehead atoms. The van der Waals surface area contributed by atoms with Gasteiger partial charge in [-0.2, -0.15) is 11.8 Å². The van der Waals surface area contributed by atoms with E-state index in [0.29, 0.717) is 11.1 Å². The van der Waals surface area contributed by atoms with E-state index in [-0.39, 0.29) is 0 Å². The Labute approximate surface area is 101 Å². The molecular formula is C12H19N3S. The van der Waals surface area contributed by atoms with Crippen LogP contribution < -0.4 is 5.73 Å². The fourth-order valence-electron chi connectivity index (χ4n) is 2.17. The fraction of sp³-hybridized carbons (Fsp3) is 0.667. The van der Waals surface area contributed by atoms with Crippen molar-refractivity contribution in [1.29, 1.82) is 0 Å². The van der Waals surface area contributed by atoms with Crippen LogP contribution in [0.2, 0.25) is 0 Å². The highest BCUT2D eigenvalue weighted by Crippen LogP contribution is 2.37. The van der Waals surface area contributed by atoms with Gasteiger partial charge in [-0.1, -0.05) is 13.3 Å². The highest BCUT2D eigenvalue weighted by Gasteiger charge is 2.20. The lowest BCUT2D eigenvalue weighted by Crippen LogP contribution is -2.11. The Morgan fingerprint density at radius 1 is 1.38 bits per heavy atom. The highest BCUT2D eigenvalue weighted by molar-refractivity contribution is 7.99. The fourth-order valence-corrected chi connectivity index (χ4v) is 3.41. The average molecular weight is 237 g/mol. The predicted molar refractivity (Wildman–Crippen MR) is 69.6 cm³/mol. The smallest absolute Gasteiger partial charge is 0.143 e. The Hall–Kier alpha value is -0.770. The molecule has 2 rings (SSSR count). The first-order chi connectivity index (χ1) is 7.72. The van der Waals surface area contributed by atoms with E-state index >= 15 is 0 Å². The van der Waals surface area contributed by atoms with Crippen molar-refractivity contribution in [2.45, 2.75) is 44.8 Å². The first-order valence-electron chi connectivity index (χ1n) is 5.97. The number of nitrogens with zero attached hydrogens (tertiary/aromatic N) is 2. The van der Waals surface area contributed by atoms with Crippen LogP contribution in [0.25, 0.3) is 0 Å². The van der Waals surface area contributed by atoms with Crippen molar-refractivity contribution >= 4 is 17.6 Å². The van der Waals surface area contributed by atoms with Crippen LogP contribution in [0.4, 0.5) is 5.82 Å². The van der Waals surface area contributed by atoms with Crippen LogP contribution in [0.15, 0.2) is 0 Å². The molecule has 0 radical (unpaired) electrons. The summed E-state index contributed by atoms with van der Waals surface area (Å²) in [6.45, 7) is 4.13. The highest BCUT2D eigenvalue weighted by atomic mass is 32.2. The van der Waals surface area contributed by atoms with Gasteiger partial charge in [-0.25, -0.2) is 9.97 Å². The van der Waals surface area contributed by atoms with Crippen LogP contribution >= 0.6 is 11.8 Å². The molecule has 1 atom stereocenters. The summed E-state index contributed by atoms with van der Waals surface area (Å²) in [6.07, 6.45) is 4.71. The van der Waals surface area contributed by atoms with Crippen molar-refractivity contribution in [2.24, 2.45) is 0 Å². The number of aromatic nitrogens is 2. The van der Waals surface area contributed by atoms with Crippen LogP contribution in [0, 0.1) is 6.92 Å². The molecule has 0 saturated carbocycles. The summed E-state index contributed by atoms with van der Waals surface area (Å²) in [6, 6.07) is 0.